The van der Waals surface area contributed by atoms with E-state index in [1.807, 2.05) is 25.3 Å². The van der Waals surface area contributed by atoms with E-state index in [9.17, 15) is 4.39 Å². The zero-order valence-electron chi connectivity index (χ0n) is 18.3. The molecule has 30 heavy (non-hydrogen) atoms. The smallest absolute Gasteiger partial charge is 0.114 e. The number of aryl methyl sites for hydroxylation is 2. The first-order chi connectivity index (χ1) is 14.6. The molecule has 0 aromatic carbocycles. The van der Waals surface area contributed by atoms with Crippen molar-refractivity contribution in [3.8, 4) is 12.3 Å². The summed E-state index contributed by atoms with van der Waals surface area (Å²) in [6.07, 6.45) is 17.4. The average molecular weight is 411 g/mol. The molecule has 2 heterocycles. The first-order valence-electron chi connectivity index (χ1n) is 10.8. The first-order valence-corrected chi connectivity index (χ1v) is 10.8. The van der Waals surface area contributed by atoms with Crippen LogP contribution in [0.15, 0.2) is 53.0 Å². The molecular weight excluding hydrogens is 375 g/mol. The van der Waals surface area contributed by atoms with E-state index in [0.717, 1.165) is 12.0 Å². The van der Waals surface area contributed by atoms with Crippen molar-refractivity contribution in [2.45, 2.75) is 52.0 Å². The van der Waals surface area contributed by atoms with E-state index in [4.69, 9.17) is 12.2 Å². The van der Waals surface area contributed by atoms with E-state index in [-0.39, 0.29) is 25.0 Å². The molecule has 1 unspecified atom stereocenters. The summed E-state index contributed by atoms with van der Waals surface area (Å²) in [5.41, 5.74) is 11.0. The van der Waals surface area contributed by atoms with Gasteiger partial charge in [-0.1, -0.05) is 24.1 Å². The first kappa shape index (κ1) is 24.0. The topological polar surface area (TPSA) is 63.0 Å². The number of nitrogens with two attached hydrogens (primary N) is 1. The Balaban J connectivity index is 0.000000263. The number of halogens is 1. The predicted octanol–water partition coefficient (Wildman–Crippen LogP) is 3.61. The van der Waals surface area contributed by atoms with Crippen LogP contribution in [-0.2, 0) is 12.8 Å². The Bertz CT molecular complexity index is 792. The summed E-state index contributed by atoms with van der Waals surface area (Å²) in [5, 5.41) is 6.48. The number of aromatic nitrogens is 1. The quantitative estimate of drug-likeness (QED) is 0.627. The maximum absolute atomic E-state index is 13.5. The third-order valence-corrected chi connectivity index (χ3v) is 5.50. The highest BCUT2D eigenvalue weighted by Crippen LogP contribution is 2.18. The van der Waals surface area contributed by atoms with E-state index in [1.54, 1.807) is 6.92 Å². The Hall–Kier alpha value is -2.26. The zero-order chi connectivity index (χ0) is 21.8. The van der Waals surface area contributed by atoms with Crippen LogP contribution >= 0.6 is 0 Å². The van der Waals surface area contributed by atoms with Crippen LogP contribution in [0, 0.1) is 12.3 Å². The SMILES string of the molecule is C#CC1=C(/C=C\C)CC(CNC/C(F)=C(/C)CN)NC1.c1cnc2c(c1)CCCC2. The third kappa shape index (κ3) is 7.53. The minimum atomic E-state index is -0.170. The number of fused-ring (bicyclic) bond motifs is 1. The molecule has 1 aliphatic heterocycles. The second kappa shape index (κ2) is 13.1. The van der Waals surface area contributed by atoms with Crippen molar-refractivity contribution in [2.75, 3.05) is 26.2 Å². The molecule has 162 valence electrons. The maximum Gasteiger partial charge on any atom is 0.114 e. The lowest BCUT2D eigenvalue weighted by atomic mass is 9.95. The average Bonchev–Trinajstić information content (AvgIpc) is 2.79. The number of terminal acetylenes is 1. The van der Waals surface area contributed by atoms with Crippen molar-refractivity contribution < 1.29 is 4.39 Å². The highest BCUT2D eigenvalue weighted by atomic mass is 19.1. The van der Waals surface area contributed by atoms with Crippen LogP contribution in [0.25, 0.3) is 0 Å². The summed E-state index contributed by atoms with van der Waals surface area (Å²) in [7, 11) is 0. The van der Waals surface area contributed by atoms with Gasteiger partial charge in [0, 0.05) is 49.7 Å². The van der Waals surface area contributed by atoms with Crippen LogP contribution in [0.5, 0.6) is 0 Å². The molecule has 3 rings (SSSR count). The summed E-state index contributed by atoms with van der Waals surface area (Å²) in [4.78, 5) is 4.32. The number of hydrogen-bond acceptors (Lipinski definition) is 4. The third-order valence-electron chi connectivity index (χ3n) is 5.50. The van der Waals surface area contributed by atoms with E-state index in [0.29, 0.717) is 18.7 Å². The van der Waals surface area contributed by atoms with E-state index in [1.165, 1.54) is 42.5 Å². The summed E-state index contributed by atoms with van der Waals surface area (Å²) >= 11 is 0. The normalized spacial score (nSPS) is 19.5. The molecule has 0 fully saturated rings. The van der Waals surface area contributed by atoms with Gasteiger partial charge in [-0.15, -0.1) is 6.42 Å². The molecule has 0 saturated carbocycles. The van der Waals surface area contributed by atoms with E-state index >= 15 is 0 Å². The largest absolute Gasteiger partial charge is 0.327 e. The lowest BCUT2D eigenvalue weighted by Crippen LogP contribution is -2.43. The Morgan fingerprint density at radius 2 is 2.23 bits per heavy atom. The van der Waals surface area contributed by atoms with Crippen LogP contribution in [0.2, 0.25) is 0 Å². The number of nitrogens with one attached hydrogen (secondary N) is 2. The molecule has 1 aliphatic carbocycles. The highest BCUT2D eigenvalue weighted by molar-refractivity contribution is 5.40. The predicted molar refractivity (Wildman–Crippen MR) is 124 cm³/mol. The molecule has 4 nitrogen and oxygen atoms in total. The molecule has 2 aliphatic rings. The monoisotopic (exact) mass is 410 g/mol. The lowest BCUT2D eigenvalue weighted by Gasteiger charge is -2.26. The van der Waals surface area contributed by atoms with Gasteiger partial charge in [-0.3, -0.25) is 4.98 Å². The van der Waals surface area contributed by atoms with Crippen LogP contribution < -0.4 is 16.4 Å². The fourth-order valence-corrected chi connectivity index (χ4v) is 3.63. The minimum Gasteiger partial charge on any atom is -0.327 e. The molecule has 0 bridgehead atoms. The number of nitrogens with zero attached hydrogens (tertiary/aromatic N) is 1. The fraction of sp³-hybridized carbons (Fsp3) is 0.480. The van der Waals surface area contributed by atoms with Gasteiger partial charge in [-0.2, -0.15) is 0 Å². The van der Waals surface area contributed by atoms with Crippen molar-refractivity contribution in [1.29, 1.82) is 0 Å². The molecule has 5 heteroatoms. The molecular formula is C25H35FN4. The number of rotatable bonds is 6. The highest BCUT2D eigenvalue weighted by Gasteiger charge is 2.17. The van der Waals surface area contributed by atoms with Gasteiger partial charge >= 0.3 is 0 Å². The zero-order valence-corrected chi connectivity index (χ0v) is 18.3. The minimum absolute atomic E-state index is 0.170. The second-order valence-electron chi connectivity index (χ2n) is 7.77. The van der Waals surface area contributed by atoms with E-state index < -0.39 is 0 Å². The van der Waals surface area contributed by atoms with Crippen LogP contribution in [0.3, 0.4) is 0 Å². The van der Waals surface area contributed by atoms with E-state index in [2.05, 4.69) is 33.7 Å². The molecule has 0 saturated heterocycles. The molecule has 1 atom stereocenters. The summed E-state index contributed by atoms with van der Waals surface area (Å²) < 4.78 is 13.5. The lowest BCUT2D eigenvalue weighted by molar-refractivity contribution is 0.464. The Morgan fingerprint density at radius 1 is 1.43 bits per heavy atom. The van der Waals surface area contributed by atoms with Crippen LogP contribution in [-0.4, -0.2) is 37.2 Å². The van der Waals surface area contributed by atoms with Gasteiger partial charge in [0.1, 0.15) is 5.83 Å². The number of allylic oxidation sites excluding steroid dienone is 2. The van der Waals surface area contributed by atoms with Gasteiger partial charge < -0.3 is 16.4 Å². The van der Waals surface area contributed by atoms with Gasteiger partial charge in [0.15, 0.2) is 0 Å². The molecule has 0 amide bonds. The fourth-order valence-electron chi connectivity index (χ4n) is 3.63. The van der Waals surface area contributed by atoms with Gasteiger partial charge in [0.05, 0.1) is 0 Å². The number of pyridine rings is 1. The summed E-state index contributed by atoms with van der Waals surface area (Å²) in [5.74, 6) is 2.55. The van der Waals surface area contributed by atoms with Crippen molar-refractivity contribution in [2.24, 2.45) is 5.73 Å². The van der Waals surface area contributed by atoms with Gasteiger partial charge in [0.25, 0.3) is 0 Å². The Kier molecular flexibility index (Phi) is 10.5. The Labute approximate surface area is 180 Å². The van der Waals surface area contributed by atoms with Crippen LogP contribution in [0.4, 0.5) is 4.39 Å². The molecule has 1 aromatic rings. The molecule has 4 N–H and O–H groups in total. The van der Waals surface area contributed by atoms with Gasteiger partial charge in [0.2, 0.25) is 0 Å². The summed E-state index contributed by atoms with van der Waals surface area (Å²) in [6, 6.07) is 4.50. The standard InChI is InChI=1S/C16H24FN3.C9H11N/c1-4-6-14-7-15(20-9-13(14)5-2)10-19-11-16(17)12(3)8-18;1-2-6-9-8(4-1)5-3-7-10-9/h2,4,6,15,19-20H,7-11,18H2,1,3H3;3,5,7H,1-2,4,6H2/b6-4-,16-12+;. The van der Waals surface area contributed by atoms with Crippen molar-refractivity contribution in [3.63, 3.8) is 0 Å². The molecule has 1 aromatic heterocycles. The second-order valence-corrected chi connectivity index (χ2v) is 7.77. The van der Waals surface area contributed by atoms with Crippen molar-refractivity contribution >= 4 is 0 Å². The van der Waals surface area contributed by atoms with Crippen LogP contribution in [0.1, 0.15) is 44.4 Å². The van der Waals surface area contributed by atoms with Crippen molar-refractivity contribution in [3.05, 3.63) is 64.3 Å². The van der Waals surface area contributed by atoms with Gasteiger partial charge in [-0.25, -0.2) is 4.39 Å². The van der Waals surface area contributed by atoms with Crippen molar-refractivity contribution in [1.82, 2.24) is 15.6 Å². The number of hydrogen-bond donors (Lipinski definition) is 3. The molecule has 0 radical (unpaired) electrons. The molecule has 0 spiro atoms. The van der Waals surface area contributed by atoms with Gasteiger partial charge in [-0.05, 0) is 68.7 Å². The maximum atomic E-state index is 13.5. The Morgan fingerprint density at radius 3 is 2.93 bits per heavy atom. The summed E-state index contributed by atoms with van der Waals surface area (Å²) in [6.45, 7) is 5.57.